The summed E-state index contributed by atoms with van der Waals surface area (Å²) in [6.07, 6.45) is 0. The van der Waals surface area contributed by atoms with Gasteiger partial charge >= 0.3 is 0 Å². The Kier molecular flexibility index (Phi) is 4.43. The van der Waals surface area contributed by atoms with E-state index in [0.29, 0.717) is 5.82 Å². The first-order valence-corrected chi connectivity index (χ1v) is 5.51. The van der Waals surface area contributed by atoms with Crippen molar-refractivity contribution in [2.75, 3.05) is 18.0 Å². The third-order valence-corrected chi connectivity index (χ3v) is 2.79. The second-order valence-electron chi connectivity index (χ2n) is 3.85. The minimum Gasteiger partial charge on any atom is -0.368 e. The highest BCUT2D eigenvalue weighted by Crippen LogP contribution is 2.23. The highest BCUT2D eigenvalue weighted by atomic mass is 35.5. The largest absolute Gasteiger partial charge is 0.368 e. The number of halogens is 1. The molecule has 0 saturated carbocycles. The van der Waals surface area contributed by atoms with Gasteiger partial charge in [-0.2, -0.15) is 0 Å². The molecule has 0 spiro atoms. The van der Waals surface area contributed by atoms with Crippen LogP contribution >= 0.6 is 11.6 Å². The first-order valence-electron chi connectivity index (χ1n) is 5.13. The molecular weight excluding hydrogens is 258 g/mol. The number of carbonyl (C=O) groups is 2. The number of hydrogen-bond acceptors (Lipinski definition) is 5. The lowest BCUT2D eigenvalue weighted by atomic mass is 10.2. The van der Waals surface area contributed by atoms with Crippen molar-refractivity contribution >= 4 is 29.2 Å². The summed E-state index contributed by atoms with van der Waals surface area (Å²) < 4.78 is 0. The average molecular weight is 272 g/mol. The monoisotopic (exact) mass is 271 g/mol. The zero-order chi connectivity index (χ0) is 13.9. The van der Waals surface area contributed by atoms with Crippen molar-refractivity contribution in [2.45, 2.75) is 13.8 Å². The average Bonchev–Trinajstić information content (AvgIpc) is 2.24. The Balaban J connectivity index is 3.16. The van der Waals surface area contributed by atoms with Gasteiger partial charge in [0.05, 0.1) is 13.1 Å². The fourth-order valence-electron chi connectivity index (χ4n) is 1.45. The van der Waals surface area contributed by atoms with Crippen LogP contribution in [0.5, 0.6) is 0 Å². The Morgan fingerprint density at radius 2 is 1.61 bits per heavy atom. The molecule has 0 saturated heterocycles. The molecule has 0 unspecified atom stereocenters. The summed E-state index contributed by atoms with van der Waals surface area (Å²) in [5.74, 6) is -0.815. The zero-order valence-electron chi connectivity index (χ0n) is 10.1. The Labute approximate surface area is 109 Å². The van der Waals surface area contributed by atoms with Crippen molar-refractivity contribution in [3.05, 3.63) is 16.3 Å². The Bertz CT molecular complexity index is 475. The van der Waals surface area contributed by atoms with E-state index in [4.69, 9.17) is 23.1 Å². The lowest BCUT2D eigenvalue weighted by Crippen LogP contribution is -2.40. The number of rotatable bonds is 5. The number of anilines is 1. The molecule has 0 fully saturated rings. The summed E-state index contributed by atoms with van der Waals surface area (Å²) in [6, 6.07) is 0. The van der Waals surface area contributed by atoms with Gasteiger partial charge in [-0.3, -0.25) is 9.59 Å². The van der Waals surface area contributed by atoms with Gasteiger partial charge in [0, 0.05) is 0 Å². The van der Waals surface area contributed by atoms with Gasteiger partial charge in [-0.1, -0.05) is 11.6 Å². The van der Waals surface area contributed by atoms with E-state index < -0.39 is 11.8 Å². The van der Waals surface area contributed by atoms with Gasteiger partial charge in [-0.05, 0) is 25.0 Å². The molecule has 0 aliphatic heterocycles. The van der Waals surface area contributed by atoms with E-state index in [1.165, 1.54) is 4.90 Å². The maximum Gasteiger partial charge on any atom is 0.237 e. The molecule has 1 rings (SSSR count). The summed E-state index contributed by atoms with van der Waals surface area (Å²) in [5.41, 5.74) is 11.7. The van der Waals surface area contributed by atoms with E-state index in [9.17, 15) is 9.59 Å². The summed E-state index contributed by atoms with van der Waals surface area (Å²) in [4.78, 5) is 23.3. The van der Waals surface area contributed by atoms with Crippen LogP contribution in [-0.2, 0) is 9.59 Å². The van der Waals surface area contributed by atoms with E-state index in [1.807, 2.05) is 0 Å². The number of nitrogens with zero attached hydrogens (tertiary/aromatic N) is 3. The van der Waals surface area contributed by atoms with Crippen molar-refractivity contribution in [2.24, 2.45) is 11.5 Å². The van der Waals surface area contributed by atoms with E-state index in [-0.39, 0.29) is 18.2 Å². The molecule has 0 radical (unpaired) electrons. The Morgan fingerprint density at radius 1 is 1.11 bits per heavy atom. The van der Waals surface area contributed by atoms with Gasteiger partial charge in [-0.25, -0.2) is 0 Å². The van der Waals surface area contributed by atoms with Crippen LogP contribution in [0.25, 0.3) is 0 Å². The second-order valence-corrected chi connectivity index (χ2v) is 4.21. The van der Waals surface area contributed by atoms with Gasteiger partial charge in [0.1, 0.15) is 0 Å². The van der Waals surface area contributed by atoms with Gasteiger partial charge in [0.25, 0.3) is 0 Å². The van der Waals surface area contributed by atoms with Crippen LogP contribution in [0, 0.1) is 13.8 Å². The molecule has 4 N–H and O–H groups in total. The van der Waals surface area contributed by atoms with E-state index in [0.717, 1.165) is 11.1 Å². The predicted octanol–water partition coefficient (Wildman–Crippen LogP) is -0.476. The fraction of sp³-hybridized carbons (Fsp3) is 0.400. The highest BCUT2D eigenvalue weighted by Gasteiger charge is 2.18. The molecule has 1 aromatic rings. The third kappa shape index (κ3) is 3.30. The number of primary amides is 2. The molecule has 0 aliphatic rings. The number of aromatic nitrogens is 2. The molecule has 7 nitrogen and oxygen atoms in total. The van der Waals surface area contributed by atoms with Crippen molar-refractivity contribution in [3.63, 3.8) is 0 Å². The standard InChI is InChI=1S/C10H14ClN5O2/c1-5-6(2)10(15-14-9(5)11)16(3-7(12)17)4-8(13)18/h3-4H2,1-2H3,(H2,12,17)(H2,13,18). The van der Waals surface area contributed by atoms with Crippen LogP contribution in [0.3, 0.4) is 0 Å². The van der Waals surface area contributed by atoms with Crippen LogP contribution < -0.4 is 16.4 Å². The van der Waals surface area contributed by atoms with Gasteiger partial charge in [0.2, 0.25) is 11.8 Å². The number of carbonyl (C=O) groups excluding carboxylic acids is 2. The predicted molar refractivity (Wildman–Crippen MR) is 67.1 cm³/mol. The van der Waals surface area contributed by atoms with E-state index in [2.05, 4.69) is 10.2 Å². The van der Waals surface area contributed by atoms with Crippen LogP contribution in [0.4, 0.5) is 5.82 Å². The minimum atomic E-state index is -0.593. The summed E-state index contributed by atoms with van der Waals surface area (Å²) in [6.45, 7) is 3.20. The van der Waals surface area contributed by atoms with Gasteiger partial charge < -0.3 is 16.4 Å². The molecule has 0 aliphatic carbocycles. The Morgan fingerprint density at radius 3 is 2.06 bits per heavy atom. The van der Waals surface area contributed by atoms with Gasteiger partial charge in [0.15, 0.2) is 11.0 Å². The van der Waals surface area contributed by atoms with E-state index in [1.54, 1.807) is 13.8 Å². The summed E-state index contributed by atoms with van der Waals surface area (Å²) in [5, 5.41) is 7.89. The number of hydrogen-bond donors (Lipinski definition) is 2. The molecule has 0 bridgehead atoms. The fourth-order valence-corrected chi connectivity index (χ4v) is 1.63. The Hall–Kier alpha value is -1.89. The highest BCUT2D eigenvalue weighted by molar-refractivity contribution is 6.30. The third-order valence-electron chi connectivity index (χ3n) is 2.43. The molecule has 1 aromatic heterocycles. The minimum absolute atomic E-state index is 0.167. The number of amides is 2. The topological polar surface area (TPSA) is 115 Å². The quantitative estimate of drug-likeness (QED) is 0.751. The molecule has 2 amide bonds. The van der Waals surface area contributed by atoms with Crippen molar-refractivity contribution < 1.29 is 9.59 Å². The van der Waals surface area contributed by atoms with Crippen molar-refractivity contribution in [3.8, 4) is 0 Å². The lowest BCUT2D eigenvalue weighted by molar-refractivity contribution is -0.117. The summed E-state index contributed by atoms with van der Waals surface area (Å²) >= 11 is 5.83. The molecule has 1 heterocycles. The molecule has 18 heavy (non-hydrogen) atoms. The normalized spacial score (nSPS) is 10.2. The molecule has 0 atom stereocenters. The van der Waals surface area contributed by atoms with Crippen molar-refractivity contribution in [1.82, 2.24) is 10.2 Å². The SMILES string of the molecule is Cc1c(Cl)nnc(N(CC(N)=O)CC(N)=O)c1C. The second kappa shape index (κ2) is 5.63. The lowest BCUT2D eigenvalue weighted by Gasteiger charge is -2.22. The molecular formula is C10H14ClN5O2. The van der Waals surface area contributed by atoms with Crippen LogP contribution in [0.15, 0.2) is 0 Å². The first-order chi connectivity index (χ1) is 8.32. The molecule has 8 heteroatoms. The maximum atomic E-state index is 11.0. The van der Waals surface area contributed by atoms with Crippen LogP contribution in [-0.4, -0.2) is 35.1 Å². The number of nitrogens with two attached hydrogens (primary N) is 2. The van der Waals surface area contributed by atoms with Crippen LogP contribution in [0.1, 0.15) is 11.1 Å². The molecule has 0 aromatic carbocycles. The first kappa shape index (κ1) is 14.2. The van der Waals surface area contributed by atoms with Crippen LogP contribution in [0.2, 0.25) is 5.15 Å². The maximum absolute atomic E-state index is 11.0. The molecule has 98 valence electrons. The smallest absolute Gasteiger partial charge is 0.237 e. The van der Waals surface area contributed by atoms with E-state index >= 15 is 0 Å². The zero-order valence-corrected chi connectivity index (χ0v) is 10.9. The van der Waals surface area contributed by atoms with Gasteiger partial charge in [-0.15, -0.1) is 10.2 Å². The summed E-state index contributed by atoms with van der Waals surface area (Å²) in [7, 11) is 0. The van der Waals surface area contributed by atoms with Crippen molar-refractivity contribution in [1.29, 1.82) is 0 Å².